The minimum atomic E-state index is -0.0985. The number of ether oxygens (including phenoxy) is 1. The van der Waals surface area contributed by atoms with Crippen molar-refractivity contribution < 1.29 is 4.74 Å². The highest BCUT2D eigenvalue weighted by Gasteiger charge is 2.66. The standard InChI is InChI=1S/C16H32N2OS/c1-6-12(10-20-5)18(4)11-16(17)13-8-7-9-19-14(13)15(16,2)3/h12-14H,6-11,17H2,1-5H3. The predicted molar refractivity (Wildman–Crippen MR) is 88.3 cm³/mol. The van der Waals surface area contributed by atoms with Crippen LogP contribution in [0.3, 0.4) is 0 Å². The first-order valence-corrected chi connectivity index (χ1v) is 9.37. The molecule has 2 N–H and O–H groups in total. The fourth-order valence-corrected chi connectivity index (χ4v) is 5.15. The zero-order chi connectivity index (χ0) is 15.0. The van der Waals surface area contributed by atoms with Gasteiger partial charge in [0.15, 0.2) is 0 Å². The molecule has 0 aromatic rings. The third kappa shape index (κ3) is 2.53. The zero-order valence-corrected chi connectivity index (χ0v) is 14.6. The van der Waals surface area contributed by atoms with Crippen LogP contribution in [0.5, 0.6) is 0 Å². The number of hydrogen-bond donors (Lipinski definition) is 1. The van der Waals surface area contributed by atoms with Crippen LogP contribution in [0.15, 0.2) is 0 Å². The molecule has 0 spiro atoms. The van der Waals surface area contributed by atoms with Crippen molar-refractivity contribution in [2.45, 2.75) is 57.7 Å². The van der Waals surface area contributed by atoms with Crippen LogP contribution in [0.1, 0.15) is 40.0 Å². The van der Waals surface area contributed by atoms with Gasteiger partial charge in [0.1, 0.15) is 0 Å². The number of fused-ring (bicyclic) bond motifs is 1. The van der Waals surface area contributed by atoms with Gasteiger partial charge in [0, 0.05) is 41.8 Å². The van der Waals surface area contributed by atoms with Gasteiger partial charge in [0.05, 0.1) is 6.10 Å². The number of likely N-dealkylation sites (N-methyl/N-ethyl adjacent to an activating group) is 1. The van der Waals surface area contributed by atoms with E-state index in [2.05, 4.69) is 39.0 Å². The maximum atomic E-state index is 6.90. The molecule has 20 heavy (non-hydrogen) atoms. The van der Waals surface area contributed by atoms with Crippen LogP contribution >= 0.6 is 11.8 Å². The SMILES string of the molecule is CCC(CSC)N(C)CC1(N)C2CCCOC2C1(C)C. The monoisotopic (exact) mass is 300 g/mol. The lowest BCUT2D eigenvalue weighted by Gasteiger charge is -2.67. The highest BCUT2D eigenvalue weighted by atomic mass is 32.2. The van der Waals surface area contributed by atoms with Crippen molar-refractivity contribution in [3.05, 3.63) is 0 Å². The molecule has 4 unspecified atom stereocenters. The van der Waals surface area contributed by atoms with Gasteiger partial charge in [-0.05, 0) is 32.6 Å². The van der Waals surface area contributed by atoms with E-state index in [1.165, 1.54) is 25.0 Å². The van der Waals surface area contributed by atoms with Gasteiger partial charge in [-0.15, -0.1) is 0 Å². The first-order chi connectivity index (χ1) is 9.38. The van der Waals surface area contributed by atoms with Crippen molar-refractivity contribution in [2.24, 2.45) is 17.1 Å². The molecule has 1 aliphatic heterocycles. The fourth-order valence-electron chi connectivity index (χ4n) is 4.28. The van der Waals surface area contributed by atoms with E-state index in [0.29, 0.717) is 18.1 Å². The van der Waals surface area contributed by atoms with E-state index in [1.54, 1.807) is 0 Å². The van der Waals surface area contributed by atoms with Gasteiger partial charge in [0.25, 0.3) is 0 Å². The smallest absolute Gasteiger partial charge is 0.0690 e. The molecular weight excluding hydrogens is 268 g/mol. The Hall–Kier alpha value is 0.230. The van der Waals surface area contributed by atoms with Crippen molar-refractivity contribution in [3.8, 4) is 0 Å². The van der Waals surface area contributed by atoms with Crippen molar-refractivity contribution in [1.82, 2.24) is 4.90 Å². The maximum Gasteiger partial charge on any atom is 0.0690 e. The van der Waals surface area contributed by atoms with Crippen LogP contribution in [-0.4, -0.2) is 54.8 Å². The van der Waals surface area contributed by atoms with Gasteiger partial charge < -0.3 is 15.4 Å². The second-order valence-corrected chi connectivity index (χ2v) is 8.15. The predicted octanol–water partition coefficient (Wildman–Crippen LogP) is 2.59. The molecule has 1 saturated carbocycles. The maximum absolute atomic E-state index is 6.90. The molecule has 4 atom stereocenters. The highest BCUT2D eigenvalue weighted by molar-refractivity contribution is 7.98. The Morgan fingerprint density at radius 3 is 2.75 bits per heavy atom. The van der Waals surface area contributed by atoms with Gasteiger partial charge in [-0.3, -0.25) is 0 Å². The normalized spacial score (nSPS) is 37.4. The van der Waals surface area contributed by atoms with Gasteiger partial charge in [-0.2, -0.15) is 11.8 Å². The lowest BCUT2D eigenvalue weighted by Crippen LogP contribution is -2.80. The van der Waals surface area contributed by atoms with Crippen LogP contribution < -0.4 is 5.73 Å². The van der Waals surface area contributed by atoms with E-state index in [4.69, 9.17) is 10.5 Å². The Kier molecular flexibility index (Phi) is 5.11. The van der Waals surface area contributed by atoms with Crippen molar-refractivity contribution in [3.63, 3.8) is 0 Å². The fraction of sp³-hybridized carbons (Fsp3) is 1.00. The molecule has 2 rings (SSSR count). The Morgan fingerprint density at radius 1 is 1.45 bits per heavy atom. The summed E-state index contributed by atoms with van der Waals surface area (Å²) in [4.78, 5) is 2.49. The number of rotatable bonds is 6. The molecule has 3 nitrogen and oxygen atoms in total. The molecule has 0 amide bonds. The molecule has 1 saturated heterocycles. The quantitative estimate of drug-likeness (QED) is 0.818. The van der Waals surface area contributed by atoms with E-state index in [9.17, 15) is 0 Å². The van der Waals surface area contributed by atoms with E-state index < -0.39 is 0 Å². The summed E-state index contributed by atoms with van der Waals surface area (Å²) in [6.45, 7) is 8.77. The van der Waals surface area contributed by atoms with Crippen LogP contribution in [0.2, 0.25) is 0 Å². The summed E-state index contributed by atoms with van der Waals surface area (Å²) in [5, 5.41) is 0. The molecule has 2 fully saturated rings. The number of nitrogens with two attached hydrogens (primary N) is 1. The Morgan fingerprint density at radius 2 is 2.15 bits per heavy atom. The van der Waals surface area contributed by atoms with Crippen molar-refractivity contribution in [2.75, 3.05) is 32.2 Å². The third-order valence-corrected chi connectivity index (χ3v) is 6.58. The summed E-state index contributed by atoms with van der Waals surface area (Å²) in [7, 11) is 2.24. The number of nitrogens with zero attached hydrogens (tertiary/aromatic N) is 1. The van der Waals surface area contributed by atoms with E-state index in [-0.39, 0.29) is 11.0 Å². The van der Waals surface area contributed by atoms with Crippen molar-refractivity contribution >= 4 is 11.8 Å². The minimum absolute atomic E-state index is 0.0873. The first kappa shape index (κ1) is 16.6. The molecule has 0 bridgehead atoms. The molecular formula is C16H32N2OS. The number of hydrogen-bond acceptors (Lipinski definition) is 4. The summed E-state index contributed by atoms with van der Waals surface area (Å²) in [6.07, 6.45) is 6.15. The Labute approximate surface area is 129 Å². The van der Waals surface area contributed by atoms with E-state index >= 15 is 0 Å². The van der Waals surface area contributed by atoms with Gasteiger partial charge in [-0.1, -0.05) is 20.8 Å². The lowest BCUT2D eigenvalue weighted by atomic mass is 9.46. The molecule has 0 aromatic carbocycles. The topological polar surface area (TPSA) is 38.5 Å². The molecule has 0 radical (unpaired) electrons. The van der Waals surface area contributed by atoms with Gasteiger partial charge in [0.2, 0.25) is 0 Å². The molecule has 2 aliphatic rings. The molecule has 4 heteroatoms. The summed E-state index contributed by atoms with van der Waals surface area (Å²) in [5.74, 6) is 1.73. The molecule has 118 valence electrons. The van der Waals surface area contributed by atoms with Gasteiger partial charge >= 0.3 is 0 Å². The third-order valence-electron chi connectivity index (χ3n) is 5.86. The van der Waals surface area contributed by atoms with Crippen LogP contribution in [-0.2, 0) is 4.74 Å². The van der Waals surface area contributed by atoms with Crippen LogP contribution in [0.4, 0.5) is 0 Å². The minimum Gasteiger partial charge on any atom is -0.377 e. The second-order valence-electron chi connectivity index (χ2n) is 7.23. The van der Waals surface area contributed by atoms with Gasteiger partial charge in [-0.25, -0.2) is 0 Å². The van der Waals surface area contributed by atoms with Crippen LogP contribution in [0, 0.1) is 11.3 Å². The Bertz CT molecular complexity index is 336. The summed E-state index contributed by atoms with van der Waals surface area (Å²) >= 11 is 1.93. The summed E-state index contributed by atoms with van der Waals surface area (Å²) < 4.78 is 6.00. The Balaban J connectivity index is 2.06. The lowest BCUT2D eigenvalue weighted by molar-refractivity contribution is -0.232. The highest BCUT2D eigenvalue weighted by Crippen LogP contribution is 2.57. The average molecular weight is 301 g/mol. The van der Waals surface area contributed by atoms with E-state index in [0.717, 1.165) is 13.2 Å². The van der Waals surface area contributed by atoms with E-state index in [1.807, 2.05) is 11.8 Å². The molecule has 1 heterocycles. The zero-order valence-electron chi connectivity index (χ0n) is 13.8. The average Bonchev–Trinajstić information content (AvgIpc) is 2.44. The summed E-state index contributed by atoms with van der Waals surface area (Å²) in [5.41, 5.74) is 6.89. The largest absolute Gasteiger partial charge is 0.377 e. The van der Waals surface area contributed by atoms with Crippen LogP contribution in [0.25, 0.3) is 0 Å². The number of thioether (sulfide) groups is 1. The second kappa shape index (κ2) is 6.15. The molecule has 1 aliphatic carbocycles. The summed E-state index contributed by atoms with van der Waals surface area (Å²) in [6, 6.07) is 0.629. The van der Waals surface area contributed by atoms with Crippen molar-refractivity contribution in [1.29, 1.82) is 0 Å². The molecule has 0 aromatic heterocycles. The first-order valence-electron chi connectivity index (χ1n) is 7.98.